The summed E-state index contributed by atoms with van der Waals surface area (Å²) >= 11 is 0. The number of carbonyl (C=O) groups excluding carboxylic acids is 1. The Morgan fingerprint density at radius 1 is 0.980 bits per heavy atom. The number of aliphatic hydroxyl groups is 2. The van der Waals surface area contributed by atoms with Gasteiger partial charge in [0.2, 0.25) is 0 Å². The van der Waals surface area contributed by atoms with Gasteiger partial charge in [-0.1, -0.05) is 41.5 Å². The van der Waals surface area contributed by atoms with Gasteiger partial charge in [-0.15, -0.1) is 0 Å². The highest BCUT2D eigenvalue weighted by Crippen LogP contribution is 2.49. The standard InChI is InChI=1S/C38H69NO10/c1-19-17-38(12)33(48-35-29(41)27(39(13)14)16-20(2)44-35)22(4)31(46-28-18-37(11,43-15)24(6)25(7)45-28)23(5)34(42)47-32(21(3)30(19)49-38)36(9,10)26(8)40/h19-33,35,40-41H,16-18H2,1-15H3/t19?,20-,21+,22+,23-,24+,25+,26?,27?,28?,29?,30?,31?,32-,33?,35?,37?,38?/m1/s1. The molecule has 2 bridgehead atoms. The number of likely N-dealkylation sites (N-methyl/N-ethyl adjacent to an activating group) is 1. The van der Waals surface area contributed by atoms with Gasteiger partial charge in [0.15, 0.2) is 12.6 Å². The average Bonchev–Trinajstić information content (AvgIpc) is 3.33. The normalized spacial score (nSPS) is 49.3. The molecule has 0 saturated carbocycles. The van der Waals surface area contributed by atoms with Crippen LogP contribution in [0.15, 0.2) is 0 Å². The van der Waals surface area contributed by atoms with Crippen molar-refractivity contribution >= 4 is 5.97 Å². The molecule has 0 aromatic rings. The first-order chi connectivity index (χ1) is 22.6. The van der Waals surface area contributed by atoms with Gasteiger partial charge in [-0.3, -0.25) is 4.79 Å². The van der Waals surface area contributed by atoms with Gasteiger partial charge in [-0.2, -0.15) is 0 Å². The predicted octanol–water partition coefficient (Wildman–Crippen LogP) is 4.78. The zero-order valence-corrected chi connectivity index (χ0v) is 33.0. The summed E-state index contributed by atoms with van der Waals surface area (Å²) in [6, 6.07) is -0.161. The Morgan fingerprint density at radius 2 is 1.61 bits per heavy atom. The average molecular weight is 700 g/mol. The fourth-order valence-corrected chi connectivity index (χ4v) is 9.19. The molecule has 4 fully saturated rings. The van der Waals surface area contributed by atoms with Crippen molar-refractivity contribution in [3.05, 3.63) is 0 Å². The molecule has 0 aromatic carbocycles. The third kappa shape index (κ3) is 8.05. The maximum Gasteiger partial charge on any atom is 0.311 e. The minimum absolute atomic E-state index is 0.0811. The minimum atomic E-state index is -0.922. The number of fused-ring (bicyclic) bond motifs is 2. The number of methoxy groups -OCH3 is 1. The van der Waals surface area contributed by atoms with Crippen LogP contribution in [0.3, 0.4) is 0 Å². The van der Waals surface area contributed by atoms with Crippen LogP contribution in [0.2, 0.25) is 0 Å². The Balaban J connectivity index is 1.82. The van der Waals surface area contributed by atoms with Crippen LogP contribution in [-0.2, 0) is 38.0 Å². The highest BCUT2D eigenvalue weighted by atomic mass is 16.7. The van der Waals surface area contributed by atoms with Crippen LogP contribution in [-0.4, -0.2) is 121 Å². The molecule has 0 spiro atoms. The molecule has 4 heterocycles. The van der Waals surface area contributed by atoms with Crippen LogP contribution >= 0.6 is 0 Å². The number of hydrogen-bond acceptors (Lipinski definition) is 11. The number of carbonyl (C=O) groups is 1. The molecule has 286 valence electrons. The number of ether oxygens (including phenoxy) is 7. The van der Waals surface area contributed by atoms with Gasteiger partial charge < -0.3 is 48.3 Å². The zero-order chi connectivity index (χ0) is 37.0. The van der Waals surface area contributed by atoms with E-state index in [1.807, 2.05) is 67.5 Å². The number of esters is 1. The lowest BCUT2D eigenvalue weighted by atomic mass is 9.72. The summed E-state index contributed by atoms with van der Waals surface area (Å²) < 4.78 is 46.2. The summed E-state index contributed by atoms with van der Waals surface area (Å²) in [5.74, 6) is -1.64. The maximum absolute atomic E-state index is 14.3. The van der Waals surface area contributed by atoms with Gasteiger partial charge in [0, 0.05) is 42.7 Å². The summed E-state index contributed by atoms with van der Waals surface area (Å²) in [7, 11) is 5.62. The zero-order valence-electron chi connectivity index (χ0n) is 33.0. The Hall–Kier alpha value is -0.890. The van der Waals surface area contributed by atoms with E-state index in [0.717, 1.165) is 0 Å². The topological polar surface area (TPSA) is 125 Å². The Bertz CT molecular complexity index is 1120. The third-order valence-electron chi connectivity index (χ3n) is 13.1. The van der Waals surface area contributed by atoms with Gasteiger partial charge in [-0.05, 0) is 74.4 Å². The lowest BCUT2D eigenvalue weighted by Gasteiger charge is -2.49. The van der Waals surface area contributed by atoms with Gasteiger partial charge in [0.05, 0.1) is 53.7 Å². The van der Waals surface area contributed by atoms with Gasteiger partial charge in [-0.25, -0.2) is 0 Å². The largest absolute Gasteiger partial charge is 0.461 e. The first-order valence-electron chi connectivity index (χ1n) is 18.7. The maximum atomic E-state index is 14.3. The predicted molar refractivity (Wildman–Crippen MR) is 186 cm³/mol. The summed E-state index contributed by atoms with van der Waals surface area (Å²) in [5, 5.41) is 22.5. The van der Waals surface area contributed by atoms with Crippen LogP contribution in [0.4, 0.5) is 0 Å². The van der Waals surface area contributed by atoms with E-state index in [4.69, 9.17) is 33.2 Å². The van der Waals surface area contributed by atoms with Crippen molar-refractivity contribution in [1.82, 2.24) is 4.90 Å². The van der Waals surface area contributed by atoms with Crippen LogP contribution in [0.25, 0.3) is 0 Å². The molecule has 11 heteroatoms. The fourth-order valence-electron chi connectivity index (χ4n) is 9.19. The van der Waals surface area contributed by atoms with E-state index in [-0.39, 0.29) is 42.1 Å². The van der Waals surface area contributed by atoms with Gasteiger partial charge >= 0.3 is 5.97 Å². The van der Waals surface area contributed by atoms with E-state index >= 15 is 0 Å². The molecular weight excluding hydrogens is 630 g/mol. The summed E-state index contributed by atoms with van der Waals surface area (Å²) in [5.41, 5.74) is -2.10. The molecule has 0 radical (unpaired) electrons. The van der Waals surface area contributed by atoms with Crippen LogP contribution in [0, 0.1) is 35.0 Å². The molecule has 0 aromatic heterocycles. The lowest BCUT2D eigenvalue weighted by Crippen LogP contribution is -2.59. The molecule has 4 rings (SSSR count). The molecule has 49 heavy (non-hydrogen) atoms. The van der Waals surface area contributed by atoms with Crippen molar-refractivity contribution < 1.29 is 48.2 Å². The molecule has 11 nitrogen and oxygen atoms in total. The van der Waals surface area contributed by atoms with Crippen molar-refractivity contribution in [1.29, 1.82) is 0 Å². The quantitative estimate of drug-likeness (QED) is 0.340. The number of nitrogens with zero attached hydrogens (tertiary/aromatic N) is 1. The Labute approximate surface area is 296 Å². The lowest BCUT2D eigenvalue weighted by molar-refractivity contribution is -0.314. The van der Waals surface area contributed by atoms with Crippen molar-refractivity contribution in [2.45, 2.75) is 181 Å². The fraction of sp³-hybridized carbons (Fsp3) is 0.974. The highest BCUT2D eigenvalue weighted by Gasteiger charge is 2.58. The SMILES string of the molecule is COC1(C)CC(OC2[C@H](C)C(OC3O[C@H](C)CC(N(C)C)C3O)C3(C)CC(C)C(O3)[C@H](C)[C@H](C(C)(C)C(C)O)OC(=O)[C@@H]2C)O[C@@H](C)[C@@H]1C. The van der Waals surface area contributed by atoms with E-state index < -0.39 is 77.5 Å². The van der Waals surface area contributed by atoms with Crippen molar-refractivity contribution in [2.75, 3.05) is 21.2 Å². The van der Waals surface area contributed by atoms with Crippen molar-refractivity contribution in [3.63, 3.8) is 0 Å². The molecule has 4 aliphatic rings. The summed E-state index contributed by atoms with van der Waals surface area (Å²) in [6.07, 6.45) is -4.02. The van der Waals surface area contributed by atoms with Gasteiger partial charge in [0.1, 0.15) is 12.2 Å². The van der Waals surface area contributed by atoms with Gasteiger partial charge in [0.25, 0.3) is 0 Å². The van der Waals surface area contributed by atoms with E-state index in [2.05, 4.69) is 27.7 Å². The molecule has 4 aliphatic heterocycles. The van der Waals surface area contributed by atoms with E-state index in [0.29, 0.717) is 19.3 Å². The molecule has 2 N–H and O–H groups in total. The van der Waals surface area contributed by atoms with Crippen LogP contribution < -0.4 is 0 Å². The molecule has 18 atom stereocenters. The van der Waals surface area contributed by atoms with E-state index in [1.165, 1.54) is 0 Å². The molecule has 4 saturated heterocycles. The monoisotopic (exact) mass is 699 g/mol. The van der Waals surface area contributed by atoms with Crippen LogP contribution in [0.5, 0.6) is 0 Å². The molecule has 0 amide bonds. The van der Waals surface area contributed by atoms with Crippen molar-refractivity contribution in [3.8, 4) is 0 Å². The number of aliphatic hydroxyl groups excluding tert-OH is 2. The molecule has 11 unspecified atom stereocenters. The molecular formula is C38H69NO10. The highest BCUT2D eigenvalue weighted by molar-refractivity contribution is 5.73. The third-order valence-corrected chi connectivity index (χ3v) is 13.1. The Kier molecular flexibility index (Phi) is 12.7. The number of hydrogen-bond donors (Lipinski definition) is 2. The summed E-state index contributed by atoms with van der Waals surface area (Å²) in [6.45, 7) is 23.9. The smallest absolute Gasteiger partial charge is 0.311 e. The second-order valence-corrected chi connectivity index (χ2v) is 17.4. The van der Waals surface area contributed by atoms with E-state index in [9.17, 15) is 15.0 Å². The van der Waals surface area contributed by atoms with Crippen molar-refractivity contribution in [2.24, 2.45) is 35.0 Å². The Morgan fingerprint density at radius 3 is 2.18 bits per heavy atom. The number of cyclic esters (lactones) is 1. The second kappa shape index (κ2) is 15.2. The first kappa shape index (κ1) is 40.9. The summed E-state index contributed by atoms with van der Waals surface area (Å²) in [4.78, 5) is 16.4. The van der Waals surface area contributed by atoms with Crippen LogP contribution in [0.1, 0.15) is 102 Å². The second-order valence-electron chi connectivity index (χ2n) is 17.4. The number of rotatable bonds is 8. The molecule has 0 aliphatic carbocycles. The van der Waals surface area contributed by atoms with E-state index in [1.54, 1.807) is 14.0 Å². The minimum Gasteiger partial charge on any atom is -0.461 e. The first-order valence-corrected chi connectivity index (χ1v) is 18.7.